The average molecular weight is 256 g/mol. The smallest absolute Gasteiger partial charge is 0.0236 e. The highest BCUT2D eigenvalue weighted by Gasteiger charge is 2.13. The van der Waals surface area contributed by atoms with Crippen molar-refractivity contribution in [3.8, 4) is 0 Å². The van der Waals surface area contributed by atoms with E-state index in [9.17, 15) is 0 Å². The molecule has 0 spiro atoms. The second-order valence-corrected chi connectivity index (χ2v) is 5.80. The van der Waals surface area contributed by atoms with Crippen molar-refractivity contribution in [3.05, 3.63) is 0 Å². The number of hydrazine groups is 1. The highest BCUT2D eigenvalue weighted by molar-refractivity contribution is 4.70. The minimum Gasteiger partial charge on any atom is -0.271 e. The summed E-state index contributed by atoms with van der Waals surface area (Å²) in [6.07, 6.45) is 14.9. The molecule has 2 nitrogen and oxygen atoms in total. The van der Waals surface area contributed by atoms with Gasteiger partial charge in [-0.25, -0.2) is 0 Å². The van der Waals surface area contributed by atoms with Gasteiger partial charge in [-0.1, -0.05) is 78.6 Å². The molecule has 0 radical (unpaired) electrons. The van der Waals surface area contributed by atoms with Crippen LogP contribution in [0.4, 0.5) is 0 Å². The lowest BCUT2D eigenvalue weighted by molar-refractivity contribution is 0.331. The maximum Gasteiger partial charge on any atom is 0.0236 e. The molecular weight excluding hydrogens is 220 g/mol. The van der Waals surface area contributed by atoms with E-state index in [2.05, 4.69) is 26.2 Å². The lowest BCUT2D eigenvalue weighted by atomic mass is 9.93. The van der Waals surface area contributed by atoms with Crippen LogP contribution in [0.5, 0.6) is 0 Å². The van der Waals surface area contributed by atoms with E-state index in [1.54, 1.807) is 0 Å². The summed E-state index contributed by atoms with van der Waals surface area (Å²) in [6.45, 7) is 6.84. The molecule has 18 heavy (non-hydrogen) atoms. The van der Waals surface area contributed by atoms with Crippen molar-refractivity contribution in [2.45, 2.75) is 97.4 Å². The molecule has 0 saturated heterocycles. The second kappa shape index (κ2) is 13.4. The number of hydrogen-bond donors (Lipinski definition) is 2. The van der Waals surface area contributed by atoms with E-state index >= 15 is 0 Å². The number of unbranched alkanes of at least 4 members (excludes halogenated alkanes) is 7. The summed E-state index contributed by atoms with van der Waals surface area (Å²) in [5.74, 6) is 6.36. The monoisotopic (exact) mass is 256 g/mol. The Hall–Kier alpha value is -0.0800. The Morgan fingerprint density at radius 1 is 0.778 bits per heavy atom. The first kappa shape index (κ1) is 17.9. The third-order valence-electron chi connectivity index (χ3n) is 4.01. The molecule has 0 rings (SSSR count). The summed E-state index contributed by atoms with van der Waals surface area (Å²) in [7, 11) is 0. The first-order valence-electron chi connectivity index (χ1n) is 8.22. The lowest BCUT2D eigenvalue weighted by Crippen LogP contribution is -2.39. The first-order valence-corrected chi connectivity index (χ1v) is 8.22. The number of rotatable bonds is 13. The molecule has 0 heterocycles. The van der Waals surface area contributed by atoms with Crippen LogP contribution in [0.15, 0.2) is 0 Å². The van der Waals surface area contributed by atoms with Gasteiger partial charge in [-0.3, -0.25) is 11.3 Å². The SMILES string of the molecule is CCCCCCCCCCC(NN)C(C)CCC. The quantitative estimate of drug-likeness (QED) is 0.282. The molecule has 0 aliphatic heterocycles. The van der Waals surface area contributed by atoms with Gasteiger partial charge in [-0.15, -0.1) is 0 Å². The Kier molecular flexibility index (Phi) is 13.3. The Labute approximate surface area is 115 Å². The molecule has 0 aliphatic carbocycles. The van der Waals surface area contributed by atoms with Crippen LogP contribution in [0, 0.1) is 5.92 Å². The zero-order valence-corrected chi connectivity index (χ0v) is 13.0. The van der Waals surface area contributed by atoms with Gasteiger partial charge in [-0.05, 0) is 18.8 Å². The molecule has 0 amide bonds. The molecule has 2 atom stereocenters. The van der Waals surface area contributed by atoms with Crippen LogP contribution in [0.3, 0.4) is 0 Å². The summed E-state index contributed by atoms with van der Waals surface area (Å²) in [5.41, 5.74) is 3.01. The topological polar surface area (TPSA) is 38.0 Å². The normalized spacial score (nSPS) is 14.7. The Morgan fingerprint density at radius 2 is 1.33 bits per heavy atom. The fourth-order valence-corrected chi connectivity index (χ4v) is 2.69. The molecule has 0 aromatic rings. The maximum absolute atomic E-state index is 5.65. The van der Waals surface area contributed by atoms with Crippen molar-refractivity contribution in [2.75, 3.05) is 0 Å². The van der Waals surface area contributed by atoms with E-state index < -0.39 is 0 Å². The van der Waals surface area contributed by atoms with Gasteiger partial charge < -0.3 is 0 Å². The molecule has 0 bridgehead atoms. The van der Waals surface area contributed by atoms with Crippen molar-refractivity contribution >= 4 is 0 Å². The summed E-state index contributed by atoms with van der Waals surface area (Å²) in [5, 5.41) is 0. The maximum atomic E-state index is 5.65. The Balaban J connectivity index is 3.39. The van der Waals surface area contributed by atoms with E-state index in [-0.39, 0.29) is 0 Å². The van der Waals surface area contributed by atoms with E-state index in [4.69, 9.17) is 5.84 Å². The Morgan fingerprint density at radius 3 is 1.83 bits per heavy atom. The molecule has 0 aliphatic rings. The third-order valence-corrected chi connectivity index (χ3v) is 4.01. The predicted octanol–water partition coefficient (Wildman–Crippen LogP) is 4.79. The van der Waals surface area contributed by atoms with Crippen molar-refractivity contribution in [2.24, 2.45) is 11.8 Å². The van der Waals surface area contributed by atoms with Crippen LogP contribution < -0.4 is 11.3 Å². The largest absolute Gasteiger partial charge is 0.271 e. The molecule has 0 aromatic carbocycles. The Bertz CT molecular complexity index is 159. The van der Waals surface area contributed by atoms with Crippen molar-refractivity contribution < 1.29 is 0 Å². The fraction of sp³-hybridized carbons (Fsp3) is 1.00. The molecule has 0 fully saturated rings. The van der Waals surface area contributed by atoms with Crippen LogP contribution in [0.1, 0.15) is 91.4 Å². The van der Waals surface area contributed by atoms with Gasteiger partial charge >= 0.3 is 0 Å². The molecular formula is C16H36N2. The highest BCUT2D eigenvalue weighted by Crippen LogP contribution is 2.17. The van der Waals surface area contributed by atoms with Gasteiger partial charge in [-0.2, -0.15) is 0 Å². The first-order chi connectivity index (χ1) is 8.76. The summed E-state index contributed by atoms with van der Waals surface area (Å²) >= 11 is 0. The van der Waals surface area contributed by atoms with Gasteiger partial charge in [0.05, 0.1) is 0 Å². The van der Waals surface area contributed by atoms with Crippen LogP contribution >= 0.6 is 0 Å². The van der Waals surface area contributed by atoms with Crippen molar-refractivity contribution in [1.29, 1.82) is 0 Å². The second-order valence-electron chi connectivity index (χ2n) is 5.80. The van der Waals surface area contributed by atoms with Crippen LogP contribution in [-0.2, 0) is 0 Å². The van der Waals surface area contributed by atoms with E-state index in [1.165, 1.54) is 70.6 Å². The number of hydrogen-bond acceptors (Lipinski definition) is 2. The minimum absolute atomic E-state index is 0.519. The van der Waals surface area contributed by atoms with Crippen molar-refractivity contribution in [3.63, 3.8) is 0 Å². The molecule has 3 N–H and O–H groups in total. The highest BCUT2D eigenvalue weighted by atomic mass is 15.2. The third kappa shape index (κ3) is 9.90. The van der Waals surface area contributed by atoms with Crippen LogP contribution in [0.25, 0.3) is 0 Å². The van der Waals surface area contributed by atoms with Gasteiger partial charge in [0.25, 0.3) is 0 Å². The molecule has 110 valence electrons. The molecule has 0 saturated carbocycles. The zero-order valence-electron chi connectivity index (χ0n) is 13.0. The standard InChI is InChI=1S/C16H36N2/c1-4-6-7-8-9-10-11-12-14-16(18-17)15(3)13-5-2/h15-16,18H,4-14,17H2,1-3H3. The van der Waals surface area contributed by atoms with Gasteiger partial charge in [0.2, 0.25) is 0 Å². The minimum atomic E-state index is 0.519. The van der Waals surface area contributed by atoms with Crippen LogP contribution in [-0.4, -0.2) is 6.04 Å². The fourth-order valence-electron chi connectivity index (χ4n) is 2.69. The van der Waals surface area contributed by atoms with Crippen molar-refractivity contribution in [1.82, 2.24) is 5.43 Å². The summed E-state index contributed by atoms with van der Waals surface area (Å²) < 4.78 is 0. The van der Waals surface area contributed by atoms with Gasteiger partial charge in [0.15, 0.2) is 0 Å². The van der Waals surface area contributed by atoms with E-state index in [1.807, 2.05) is 0 Å². The average Bonchev–Trinajstić information content (AvgIpc) is 2.37. The molecule has 0 aromatic heterocycles. The predicted molar refractivity (Wildman–Crippen MR) is 82.4 cm³/mol. The molecule has 2 heteroatoms. The summed E-state index contributed by atoms with van der Waals surface area (Å²) in [4.78, 5) is 0. The van der Waals surface area contributed by atoms with Gasteiger partial charge in [0, 0.05) is 6.04 Å². The number of nitrogens with one attached hydrogen (secondary N) is 1. The number of nitrogens with two attached hydrogens (primary N) is 1. The lowest BCUT2D eigenvalue weighted by Gasteiger charge is -2.22. The molecule has 2 unspecified atom stereocenters. The van der Waals surface area contributed by atoms with Gasteiger partial charge in [0.1, 0.15) is 0 Å². The zero-order chi connectivity index (χ0) is 13.6. The summed E-state index contributed by atoms with van der Waals surface area (Å²) in [6, 6.07) is 0.519. The van der Waals surface area contributed by atoms with E-state index in [0.29, 0.717) is 12.0 Å². The van der Waals surface area contributed by atoms with E-state index in [0.717, 1.165) is 0 Å². The van der Waals surface area contributed by atoms with Crippen LogP contribution in [0.2, 0.25) is 0 Å².